The fourth-order valence-corrected chi connectivity index (χ4v) is 3.02. The van der Waals surface area contributed by atoms with Crippen LogP contribution in [0.5, 0.6) is 0 Å². The molecule has 0 radical (unpaired) electrons. The van der Waals surface area contributed by atoms with E-state index in [1.807, 2.05) is 6.07 Å². The Labute approximate surface area is 134 Å². The van der Waals surface area contributed by atoms with E-state index in [9.17, 15) is 4.39 Å². The lowest BCUT2D eigenvalue weighted by Crippen LogP contribution is -2.48. The van der Waals surface area contributed by atoms with Crippen molar-refractivity contribution in [1.29, 1.82) is 0 Å². The minimum Gasteiger partial charge on any atom is -0.381 e. The predicted octanol–water partition coefficient (Wildman–Crippen LogP) is 2.95. The van der Waals surface area contributed by atoms with E-state index in [2.05, 4.69) is 20.8 Å². The van der Waals surface area contributed by atoms with Crippen LogP contribution >= 0.6 is 28.3 Å². The van der Waals surface area contributed by atoms with Crippen LogP contribution in [-0.4, -0.2) is 37.2 Å². The molecule has 6 heteroatoms. The van der Waals surface area contributed by atoms with Crippen LogP contribution in [0.3, 0.4) is 0 Å². The number of likely N-dealkylation sites (tertiary alicyclic amines) is 1. The molecule has 1 saturated heterocycles. The first-order chi connectivity index (χ1) is 9.13. The molecule has 114 valence electrons. The Balaban J connectivity index is 0.00000200. The molecule has 1 aliphatic heterocycles. The quantitative estimate of drug-likeness (QED) is 0.889. The van der Waals surface area contributed by atoms with Gasteiger partial charge in [0.05, 0.1) is 6.10 Å². The maximum Gasteiger partial charge on any atom is 0.127 e. The van der Waals surface area contributed by atoms with Crippen LogP contribution in [0.15, 0.2) is 22.7 Å². The van der Waals surface area contributed by atoms with Crippen LogP contribution in [-0.2, 0) is 11.3 Å². The first-order valence-electron chi connectivity index (χ1n) is 6.55. The molecular weight excluding hydrogens is 347 g/mol. The summed E-state index contributed by atoms with van der Waals surface area (Å²) in [6.45, 7) is 2.07. The molecule has 2 atom stereocenters. The van der Waals surface area contributed by atoms with Crippen molar-refractivity contribution >= 4 is 28.3 Å². The van der Waals surface area contributed by atoms with Gasteiger partial charge in [0.1, 0.15) is 5.82 Å². The summed E-state index contributed by atoms with van der Waals surface area (Å²) < 4.78 is 20.1. The lowest BCUT2D eigenvalue weighted by molar-refractivity contribution is 0.00987. The van der Waals surface area contributed by atoms with Crippen molar-refractivity contribution in [3.05, 3.63) is 34.1 Å². The van der Waals surface area contributed by atoms with E-state index in [4.69, 9.17) is 10.5 Å². The zero-order chi connectivity index (χ0) is 13.8. The van der Waals surface area contributed by atoms with Crippen molar-refractivity contribution in [3.63, 3.8) is 0 Å². The van der Waals surface area contributed by atoms with Crippen LogP contribution in [0, 0.1) is 5.82 Å². The van der Waals surface area contributed by atoms with Crippen molar-refractivity contribution < 1.29 is 9.13 Å². The molecule has 0 spiro atoms. The van der Waals surface area contributed by atoms with Gasteiger partial charge < -0.3 is 10.5 Å². The normalized spacial score (nSPS) is 23.4. The van der Waals surface area contributed by atoms with E-state index in [0.717, 1.165) is 23.9 Å². The van der Waals surface area contributed by atoms with Gasteiger partial charge in [-0.3, -0.25) is 4.90 Å². The average Bonchev–Trinajstić information content (AvgIpc) is 2.43. The fourth-order valence-electron chi connectivity index (χ4n) is 2.61. The number of piperidine rings is 1. The van der Waals surface area contributed by atoms with Gasteiger partial charge in [-0.2, -0.15) is 0 Å². The number of benzene rings is 1. The first-order valence-corrected chi connectivity index (χ1v) is 7.34. The maximum absolute atomic E-state index is 13.8. The second-order valence-corrected chi connectivity index (χ2v) is 5.89. The molecule has 1 heterocycles. The molecule has 1 fully saturated rings. The summed E-state index contributed by atoms with van der Waals surface area (Å²) in [6.07, 6.45) is 2.17. The molecule has 2 N–H and O–H groups in total. The smallest absolute Gasteiger partial charge is 0.127 e. The van der Waals surface area contributed by atoms with Crippen LogP contribution in [0.4, 0.5) is 4.39 Å². The van der Waals surface area contributed by atoms with Crippen molar-refractivity contribution in [3.8, 4) is 0 Å². The summed E-state index contributed by atoms with van der Waals surface area (Å²) in [6, 6.07) is 5.32. The van der Waals surface area contributed by atoms with Crippen molar-refractivity contribution in [2.75, 3.05) is 20.2 Å². The number of nitrogens with two attached hydrogens (primary N) is 1. The Morgan fingerprint density at radius 2 is 2.25 bits per heavy atom. The van der Waals surface area contributed by atoms with Gasteiger partial charge in [0.25, 0.3) is 0 Å². The highest BCUT2D eigenvalue weighted by Gasteiger charge is 2.27. The van der Waals surface area contributed by atoms with E-state index in [0.29, 0.717) is 18.7 Å². The number of halogens is 3. The zero-order valence-corrected chi connectivity index (χ0v) is 13.9. The lowest BCUT2D eigenvalue weighted by atomic mass is 9.98. The van der Waals surface area contributed by atoms with Crippen LogP contribution in [0.1, 0.15) is 18.4 Å². The second-order valence-electron chi connectivity index (χ2n) is 4.98. The summed E-state index contributed by atoms with van der Waals surface area (Å²) in [7, 11) is 1.74. The Hall–Kier alpha value is -0.200. The molecular formula is C14H21BrClFN2O. The third-order valence-electron chi connectivity index (χ3n) is 3.78. The number of hydrogen-bond donors (Lipinski definition) is 1. The summed E-state index contributed by atoms with van der Waals surface area (Å²) in [5.74, 6) is -0.159. The molecule has 0 aromatic heterocycles. The molecule has 0 aliphatic carbocycles. The van der Waals surface area contributed by atoms with Gasteiger partial charge in [0.15, 0.2) is 0 Å². The molecule has 0 bridgehead atoms. The summed E-state index contributed by atoms with van der Waals surface area (Å²) in [4.78, 5) is 2.25. The SMILES string of the molecule is COC1CCN(Cc2cc(Br)ccc2F)C(CN)C1.Cl. The van der Waals surface area contributed by atoms with Gasteiger partial charge in [0.2, 0.25) is 0 Å². The molecule has 2 unspecified atom stereocenters. The average molecular weight is 368 g/mol. The standard InChI is InChI=1S/C14H20BrFN2O.ClH/c1-19-13-4-5-18(12(7-13)8-17)9-10-6-11(15)2-3-14(10)16;/h2-3,6,12-13H,4-5,7-9,17H2,1H3;1H. The minimum absolute atomic E-state index is 0. The molecule has 0 amide bonds. The lowest BCUT2D eigenvalue weighted by Gasteiger charge is -2.38. The first kappa shape index (κ1) is 17.9. The van der Waals surface area contributed by atoms with Crippen LogP contribution in [0.2, 0.25) is 0 Å². The van der Waals surface area contributed by atoms with Crippen molar-refractivity contribution in [2.45, 2.75) is 31.5 Å². The zero-order valence-electron chi connectivity index (χ0n) is 11.5. The fraction of sp³-hybridized carbons (Fsp3) is 0.571. The van der Waals surface area contributed by atoms with Crippen molar-refractivity contribution in [1.82, 2.24) is 4.90 Å². The monoisotopic (exact) mass is 366 g/mol. The highest BCUT2D eigenvalue weighted by Crippen LogP contribution is 2.23. The summed E-state index contributed by atoms with van der Waals surface area (Å²) in [5, 5.41) is 0. The van der Waals surface area contributed by atoms with Gasteiger partial charge in [-0.15, -0.1) is 12.4 Å². The van der Waals surface area contributed by atoms with Gasteiger partial charge in [-0.1, -0.05) is 15.9 Å². The molecule has 1 aliphatic rings. The molecule has 0 saturated carbocycles. The maximum atomic E-state index is 13.8. The Bertz CT molecular complexity index is 436. The molecule has 20 heavy (non-hydrogen) atoms. The second kappa shape index (κ2) is 8.29. The van der Waals surface area contributed by atoms with Gasteiger partial charge in [0, 0.05) is 42.8 Å². The Kier molecular flexibility index (Phi) is 7.40. The van der Waals surface area contributed by atoms with Crippen molar-refractivity contribution in [2.24, 2.45) is 5.73 Å². The largest absolute Gasteiger partial charge is 0.381 e. The molecule has 1 aromatic rings. The van der Waals surface area contributed by atoms with Gasteiger partial charge in [-0.05, 0) is 31.0 Å². The minimum atomic E-state index is -0.159. The molecule has 1 aromatic carbocycles. The van der Waals surface area contributed by atoms with E-state index >= 15 is 0 Å². The third-order valence-corrected chi connectivity index (χ3v) is 4.27. The van der Waals surface area contributed by atoms with Crippen LogP contribution in [0.25, 0.3) is 0 Å². The number of nitrogens with zero attached hydrogens (tertiary/aromatic N) is 1. The van der Waals surface area contributed by atoms with E-state index in [1.54, 1.807) is 13.2 Å². The third kappa shape index (κ3) is 4.40. The number of ether oxygens (including phenoxy) is 1. The van der Waals surface area contributed by atoms with E-state index in [1.165, 1.54) is 6.07 Å². The highest BCUT2D eigenvalue weighted by atomic mass is 79.9. The molecule has 3 nitrogen and oxygen atoms in total. The number of hydrogen-bond acceptors (Lipinski definition) is 3. The predicted molar refractivity (Wildman–Crippen MR) is 84.6 cm³/mol. The summed E-state index contributed by atoms with van der Waals surface area (Å²) >= 11 is 3.38. The Morgan fingerprint density at radius 1 is 1.50 bits per heavy atom. The Morgan fingerprint density at radius 3 is 2.90 bits per heavy atom. The van der Waals surface area contributed by atoms with E-state index < -0.39 is 0 Å². The summed E-state index contributed by atoms with van der Waals surface area (Å²) in [5.41, 5.74) is 6.54. The van der Waals surface area contributed by atoms with Gasteiger partial charge in [-0.25, -0.2) is 4.39 Å². The molecule has 2 rings (SSSR count). The van der Waals surface area contributed by atoms with Gasteiger partial charge >= 0.3 is 0 Å². The van der Waals surface area contributed by atoms with Crippen LogP contribution < -0.4 is 5.73 Å². The van der Waals surface area contributed by atoms with E-state index in [-0.39, 0.29) is 30.4 Å². The highest BCUT2D eigenvalue weighted by molar-refractivity contribution is 9.10. The topological polar surface area (TPSA) is 38.5 Å². The number of methoxy groups -OCH3 is 1. The number of rotatable bonds is 4.